The number of nitrogens with zero attached hydrogens (tertiary/aromatic N) is 3. The highest BCUT2D eigenvalue weighted by Crippen LogP contribution is 2.28. The van der Waals surface area contributed by atoms with E-state index in [0.29, 0.717) is 30.0 Å². The third-order valence-corrected chi connectivity index (χ3v) is 5.55. The van der Waals surface area contributed by atoms with E-state index >= 15 is 0 Å². The molecule has 0 aliphatic carbocycles. The molecule has 0 radical (unpaired) electrons. The molecule has 2 heterocycles. The molecule has 0 bridgehead atoms. The van der Waals surface area contributed by atoms with E-state index in [1.807, 2.05) is 0 Å². The first-order chi connectivity index (χ1) is 14.0. The number of likely N-dealkylation sites (tertiary alicyclic amines) is 1. The molecule has 0 unspecified atom stereocenters. The van der Waals surface area contributed by atoms with Crippen LogP contribution in [0.5, 0.6) is 0 Å². The van der Waals surface area contributed by atoms with Gasteiger partial charge in [-0.1, -0.05) is 23.5 Å². The van der Waals surface area contributed by atoms with Crippen LogP contribution in [-0.2, 0) is 4.79 Å². The number of hydrogen-bond acceptors (Lipinski definition) is 5. The third-order valence-electron chi connectivity index (χ3n) is 4.67. The van der Waals surface area contributed by atoms with Crippen LogP contribution in [0.25, 0.3) is 10.6 Å². The molecule has 9 heteroatoms. The van der Waals surface area contributed by atoms with Crippen molar-refractivity contribution in [2.75, 3.05) is 11.9 Å². The zero-order valence-electron chi connectivity index (χ0n) is 15.1. The second-order valence-corrected chi connectivity index (χ2v) is 7.52. The number of halogens is 2. The number of rotatable bonds is 4. The van der Waals surface area contributed by atoms with E-state index in [0.717, 1.165) is 11.3 Å². The number of benzene rings is 2. The lowest BCUT2D eigenvalue weighted by Crippen LogP contribution is -2.43. The Bertz CT molecular complexity index is 1050. The molecule has 2 aromatic carbocycles. The molecular weight excluding hydrogens is 398 g/mol. The van der Waals surface area contributed by atoms with Crippen molar-refractivity contribution in [3.05, 3.63) is 65.7 Å². The van der Waals surface area contributed by atoms with Gasteiger partial charge in [0, 0.05) is 12.1 Å². The minimum atomic E-state index is -0.708. The molecule has 1 atom stereocenters. The highest BCUT2D eigenvalue weighted by molar-refractivity contribution is 7.18. The van der Waals surface area contributed by atoms with E-state index in [2.05, 4.69) is 15.5 Å². The van der Waals surface area contributed by atoms with Gasteiger partial charge >= 0.3 is 0 Å². The van der Waals surface area contributed by atoms with Gasteiger partial charge in [0.2, 0.25) is 11.0 Å². The fourth-order valence-electron chi connectivity index (χ4n) is 3.24. The predicted octanol–water partition coefficient (Wildman–Crippen LogP) is 3.73. The number of carbonyl (C=O) groups is 2. The van der Waals surface area contributed by atoms with Crippen molar-refractivity contribution in [3.63, 3.8) is 0 Å². The van der Waals surface area contributed by atoms with Gasteiger partial charge in [0.1, 0.15) is 22.7 Å². The van der Waals surface area contributed by atoms with Gasteiger partial charge < -0.3 is 4.90 Å². The van der Waals surface area contributed by atoms with Crippen molar-refractivity contribution < 1.29 is 18.4 Å². The Kier molecular flexibility index (Phi) is 5.30. The Balaban J connectivity index is 1.47. The van der Waals surface area contributed by atoms with Crippen LogP contribution in [0.15, 0.2) is 48.5 Å². The van der Waals surface area contributed by atoms with E-state index in [-0.39, 0.29) is 16.5 Å². The van der Waals surface area contributed by atoms with E-state index < -0.39 is 23.7 Å². The van der Waals surface area contributed by atoms with Crippen LogP contribution >= 0.6 is 11.3 Å². The number of aromatic nitrogens is 2. The third kappa shape index (κ3) is 4.00. The van der Waals surface area contributed by atoms with Crippen molar-refractivity contribution in [2.24, 2.45) is 0 Å². The Labute approximate surface area is 169 Å². The average Bonchev–Trinajstić information content (AvgIpc) is 3.38. The minimum absolute atomic E-state index is 0.0540. The summed E-state index contributed by atoms with van der Waals surface area (Å²) in [5, 5.41) is 11.4. The van der Waals surface area contributed by atoms with Crippen LogP contribution in [0.1, 0.15) is 23.2 Å². The number of carbonyl (C=O) groups excluding carboxylic acids is 2. The molecule has 3 aromatic rings. The first-order valence-electron chi connectivity index (χ1n) is 8.99. The molecule has 0 spiro atoms. The Morgan fingerprint density at radius 3 is 2.59 bits per heavy atom. The maximum atomic E-state index is 14.0. The first kappa shape index (κ1) is 19.1. The summed E-state index contributed by atoms with van der Waals surface area (Å²) in [5.41, 5.74) is 0.628. The van der Waals surface area contributed by atoms with Gasteiger partial charge in [0.25, 0.3) is 5.91 Å². The first-order valence-corrected chi connectivity index (χ1v) is 9.80. The summed E-state index contributed by atoms with van der Waals surface area (Å²) in [5.74, 6) is -1.87. The molecule has 6 nitrogen and oxygen atoms in total. The van der Waals surface area contributed by atoms with Crippen molar-refractivity contribution in [1.82, 2.24) is 15.1 Å². The minimum Gasteiger partial charge on any atom is -0.327 e. The van der Waals surface area contributed by atoms with Crippen molar-refractivity contribution in [3.8, 4) is 10.6 Å². The second-order valence-electron chi connectivity index (χ2n) is 6.54. The van der Waals surface area contributed by atoms with E-state index in [9.17, 15) is 18.4 Å². The maximum absolute atomic E-state index is 14.0. The van der Waals surface area contributed by atoms with Crippen LogP contribution < -0.4 is 5.32 Å². The summed E-state index contributed by atoms with van der Waals surface area (Å²) >= 11 is 1.15. The van der Waals surface area contributed by atoms with Gasteiger partial charge in [0.05, 0.1) is 5.56 Å². The molecular formula is C20H16F2N4O2S. The summed E-state index contributed by atoms with van der Waals surface area (Å²) in [4.78, 5) is 26.8. The van der Waals surface area contributed by atoms with E-state index in [4.69, 9.17) is 0 Å². The molecule has 1 aliphatic heterocycles. The van der Waals surface area contributed by atoms with Gasteiger partial charge in [-0.15, -0.1) is 10.2 Å². The zero-order valence-corrected chi connectivity index (χ0v) is 16.0. The Morgan fingerprint density at radius 1 is 1.07 bits per heavy atom. The lowest BCUT2D eigenvalue weighted by Gasteiger charge is -2.23. The van der Waals surface area contributed by atoms with Crippen LogP contribution in [0.3, 0.4) is 0 Å². The van der Waals surface area contributed by atoms with Gasteiger partial charge in [-0.25, -0.2) is 8.78 Å². The topological polar surface area (TPSA) is 75.2 Å². The average molecular weight is 414 g/mol. The van der Waals surface area contributed by atoms with Gasteiger partial charge in [-0.2, -0.15) is 0 Å². The smallest absolute Gasteiger partial charge is 0.257 e. The molecule has 1 fully saturated rings. The Morgan fingerprint density at radius 2 is 1.83 bits per heavy atom. The van der Waals surface area contributed by atoms with Crippen LogP contribution in [-0.4, -0.2) is 39.5 Å². The number of anilines is 1. The highest BCUT2D eigenvalue weighted by atomic mass is 32.1. The zero-order chi connectivity index (χ0) is 20.4. The number of amides is 2. The van der Waals surface area contributed by atoms with Gasteiger partial charge in [0.15, 0.2) is 0 Å². The fourth-order valence-corrected chi connectivity index (χ4v) is 4.00. The highest BCUT2D eigenvalue weighted by Gasteiger charge is 2.35. The summed E-state index contributed by atoms with van der Waals surface area (Å²) < 4.78 is 27.0. The standard InChI is InChI=1S/C20H16F2N4O2S/c21-13-9-7-12(8-10-13)18-24-25-20(29-18)23-17(27)16-6-3-11-26(16)19(28)14-4-1-2-5-15(14)22/h1-2,4-5,7-10,16H,3,6,11H2,(H,23,25,27)/t16-/m1/s1. The molecule has 1 aromatic heterocycles. The van der Waals surface area contributed by atoms with E-state index in [1.54, 1.807) is 18.2 Å². The van der Waals surface area contributed by atoms with Crippen molar-refractivity contribution in [1.29, 1.82) is 0 Å². The summed E-state index contributed by atoms with van der Waals surface area (Å²) in [6.07, 6.45) is 1.13. The van der Waals surface area contributed by atoms with Gasteiger partial charge in [-0.05, 0) is 49.2 Å². The summed E-state index contributed by atoms with van der Waals surface area (Å²) in [7, 11) is 0. The summed E-state index contributed by atoms with van der Waals surface area (Å²) in [6, 6.07) is 10.8. The molecule has 29 heavy (non-hydrogen) atoms. The lowest BCUT2D eigenvalue weighted by atomic mass is 10.1. The summed E-state index contributed by atoms with van der Waals surface area (Å²) in [6.45, 7) is 0.377. The van der Waals surface area contributed by atoms with Crippen molar-refractivity contribution in [2.45, 2.75) is 18.9 Å². The normalized spacial score (nSPS) is 16.1. The molecule has 0 saturated carbocycles. The maximum Gasteiger partial charge on any atom is 0.257 e. The van der Waals surface area contributed by atoms with Crippen LogP contribution in [0.4, 0.5) is 13.9 Å². The monoisotopic (exact) mass is 414 g/mol. The van der Waals surface area contributed by atoms with Gasteiger partial charge in [-0.3, -0.25) is 14.9 Å². The SMILES string of the molecule is O=C(Nc1nnc(-c2ccc(F)cc2)s1)[C@H]1CCCN1C(=O)c1ccccc1F. The molecule has 1 saturated heterocycles. The van der Waals surface area contributed by atoms with Crippen LogP contribution in [0, 0.1) is 11.6 Å². The molecule has 4 rings (SSSR count). The number of nitrogens with one attached hydrogen (secondary N) is 1. The molecule has 2 amide bonds. The largest absolute Gasteiger partial charge is 0.327 e. The molecule has 148 valence electrons. The number of hydrogen-bond donors (Lipinski definition) is 1. The Hall–Kier alpha value is -3.20. The van der Waals surface area contributed by atoms with Crippen molar-refractivity contribution >= 4 is 28.3 Å². The fraction of sp³-hybridized carbons (Fsp3) is 0.200. The molecule has 1 aliphatic rings. The van der Waals surface area contributed by atoms with E-state index in [1.165, 1.54) is 35.2 Å². The lowest BCUT2D eigenvalue weighted by molar-refractivity contribution is -0.119. The predicted molar refractivity (Wildman–Crippen MR) is 104 cm³/mol. The second kappa shape index (κ2) is 8.04. The molecule has 1 N–H and O–H groups in total. The quantitative estimate of drug-likeness (QED) is 0.706. The van der Waals surface area contributed by atoms with Crippen LogP contribution in [0.2, 0.25) is 0 Å².